The Bertz CT molecular complexity index is 1690. The van der Waals surface area contributed by atoms with E-state index in [-0.39, 0.29) is 17.6 Å². The fourth-order valence-corrected chi connectivity index (χ4v) is 5.28. The summed E-state index contributed by atoms with van der Waals surface area (Å²) >= 11 is 0. The second-order valence-corrected chi connectivity index (χ2v) is 9.73. The summed E-state index contributed by atoms with van der Waals surface area (Å²) in [6.07, 6.45) is 4.83. The van der Waals surface area contributed by atoms with Crippen molar-refractivity contribution in [1.29, 1.82) is 0 Å². The number of hydrogen-bond donors (Lipinski definition) is 1. The van der Waals surface area contributed by atoms with Crippen molar-refractivity contribution in [3.8, 4) is 11.4 Å². The quantitative estimate of drug-likeness (QED) is 0.327. The molecule has 3 unspecified atom stereocenters. The van der Waals surface area contributed by atoms with Gasteiger partial charge in [-0.05, 0) is 72.3 Å². The Morgan fingerprint density at radius 3 is 2.42 bits per heavy atom. The van der Waals surface area contributed by atoms with Crippen LogP contribution < -0.4 is 15.0 Å². The highest BCUT2D eigenvalue weighted by molar-refractivity contribution is 6.02. The molecule has 0 saturated carbocycles. The van der Waals surface area contributed by atoms with Crippen LogP contribution in [0, 0.1) is 11.7 Å². The van der Waals surface area contributed by atoms with Gasteiger partial charge in [-0.3, -0.25) is 14.6 Å². The van der Waals surface area contributed by atoms with Crippen molar-refractivity contribution in [2.75, 3.05) is 12.0 Å². The molecule has 3 heterocycles. The lowest BCUT2D eigenvalue weighted by atomic mass is 9.94. The van der Waals surface area contributed by atoms with E-state index in [9.17, 15) is 14.0 Å². The predicted octanol–water partition coefficient (Wildman–Crippen LogP) is 5.09. The van der Waals surface area contributed by atoms with Gasteiger partial charge in [-0.15, -0.1) is 0 Å². The van der Waals surface area contributed by atoms with E-state index in [1.54, 1.807) is 53.4 Å². The lowest BCUT2D eigenvalue weighted by Crippen LogP contribution is -2.42. The van der Waals surface area contributed by atoms with Crippen molar-refractivity contribution in [2.24, 2.45) is 5.92 Å². The van der Waals surface area contributed by atoms with Gasteiger partial charge >= 0.3 is 0 Å². The largest absolute Gasteiger partial charge is 0.497 e. The molecule has 6 rings (SSSR count). The van der Waals surface area contributed by atoms with Crippen LogP contribution in [-0.2, 0) is 4.79 Å². The number of benzene rings is 3. The van der Waals surface area contributed by atoms with E-state index in [0.717, 1.165) is 22.2 Å². The van der Waals surface area contributed by atoms with Crippen molar-refractivity contribution in [3.63, 3.8) is 0 Å². The Balaban J connectivity index is 1.40. The van der Waals surface area contributed by atoms with Gasteiger partial charge < -0.3 is 15.0 Å². The van der Waals surface area contributed by atoms with Gasteiger partial charge in [-0.1, -0.05) is 19.1 Å². The highest BCUT2D eigenvalue weighted by Gasteiger charge is 2.48. The highest BCUT2D eigenvalue weighted by atomic mass is 19.1. The first-order chi connectivity index (χ1) is 19.4. The molecule has 3 atom stereocenters. The summed E-state index contributed by atoms with van der Waals surface area (Å²) in [7, 11) is 1.60. The van der Waals surface area contributed by atoms with Crippen LogP contribution in [-0.4, -0.2) is 39.7 Å². The summed E-state index contributed by atoms with van der Waals surface area (Å²) in [6, 6.07) is 21.7. The van der Waals surface area contributed by atoms with Crippen molar-refractivity contribution in [3.05, 3.63) is 114 Å². The van der Waals surface area contributed by atoms with Crippen LogP contribution in [0.3, 0.4) is 0 Å². The van der Waals surface area contributed by atoms with Crippen LogP contribution in [0.1, 0.15) is 28.9 Å². The molecule has 3 aromatic carbocycles. The topological polar surface area (TPSA) is 89.3 Å². The molecule has 0 aliphatic carbocycles. The Hall–Kier alpha value is -5.05. The molecule has 0 spiro atoms. The fourth-order valence-electron chi connectivity index (χ4n) is 5.28. The summed E-state index contributed by atoms with van der Waals surface area (Å²) in [4.78, 5) is 32.8. The van der Waals surface area contributed by atoms with Crippen molar-refractivity contribution >= 4 is 28.4 Å². The van der Waals surface area contributed by atoms with Gasteiger partial charge in [0, 0.05) is 23.5 Å². The molecule has 40 heavy (non-hydrogen) atoms. The Morgan fingerprint density at radius 2 is 1.73 bits per heavy atom. The number of hydrogen-bond acceptors (Lipinski definition) is 5. The number of ether oxygens (including phenoxy) is 1. The Labute approximate surface area is 230 Å². The normalized spacial score (nSPS) is 18.7. The van der Waals surface area contributed by atoms with Crippen LogP contribution in [0.15, 0.2) is 97.5 Å². The first kappa shape index (κ1) is 25.2. The van der Waals surface area contributed by atoms with Gasteiger partial charge in [0.05, 0.1) is 48.1 Å². The lowest BCUT2D eigenvalue weighted by molar-refractivity contribution is -0.120. The third kappa shape index (κ3) is 4.45. The minimum Gasteiger partial charge on any atom is -0.497 e. The minimum atomic E-state index is -0.508. The molecule has 0 bridgehead atoms. The second kappa shape index (κ2) is 10.3. The lowest BCUT2D eigenvalue weighted by Gasteiger charge is -2.29. The van der Waals surface area contributed by atoms with Crippen molar-refractivity contribution < 1.29 is 18.7 Å². The van der Waals surface area contributed by atoms with E-state index >= 15 is 0 Å². The zero-order chi connectivity index (χ0) is 27.8. The van der Waals surface area contributed by atoms with Gasteiger partial charge in [-0.25, -0.2) is 9.07 Å². The van der Waals surface area contributed by atoms with Gasteiger partial charge in [0.15, 0.2) is 0 Å². The number of aromatic nitrogens is 3. The van der Waals surface area contributed by atoms with Gasteiger partial charge in [0.1, 0.15) is 11.6 Å². The number of nitrogens with zero attached hydrogens (tertiary/aromatic N) is 4. The first-order valence-electron chi connectivity index (χ1n) is 12.9. The van der Waals surface area contributed by atoms with Crippen LogP contribution in [0.4, 0.5) is 10.1 Å². The van der Waals surface area contributed by atoms with Crippen molar-refractivity contribution in [1.82, 2.24) is 20.1 Å². The van der Waals surface area contributed by atoms with Crippen LogP contribution >= 0.6 is 0 Å². The van der Waals surface area contributed by atoms with E-state index in [1.807, 2.05) is 49.4 Å². The number of anilines is 1. The van der Waals surface area contributed by atoms with Gasteiger partial charge in [-0.2, -0.15) is 5.10 Å². The SMILES string of the molecule is COc1ccc(C2C(NC(=O)c3cccnc3)C(C)C(=O)N2c2ccc3c(cnn3-c3ccc(F)cc3)c2)cc1. The molecule has 1 saturated heterocycles. The maximum atomic E-state index is 13.8. The zero-order valence-corrected chi connectivity index (χ0v) is 21.9. The molecule has 2 amide bonds. The number of nitrogens with one attached hydrogen (secondary N) is 1. The zero-order valence-electron chi connectivity index (χ0n) is 21.9. The molecule has 0 radical (unpaired) electrons. The number of halogens is 1. The highest BCUT2D eigenvalue weighted by Crippen LogP contribution is 2.41. The van der Waals surface area contributed by atoms with E-state index < -0.39 is 18.0 Å². The van der Waals surface area contributed by atoms with E-state index in [1.165, 1.54) is 18.3 Å². The Kier molecular flexibility index (Phi) is 6.47. The smallest absolute Gasteiger partial charge is 0.253 e. The van der Waals surface area contributed by atoms with Gasteiger partial charge in [0.25, 0.3) is 5.91 Å². The summed E-state index contributed by atoms with van der Waals surface area (Å²) in [5.41, 5.74) is 3.50. The van der Waals surface area contributed by atoms with E-state index in [2.05, 4.69) is 15.4 Å². The predicted molar refractivity (Wildman–Crippen MR) is 149 cm³/mol. The third-order valence-electron chi connectivity index (χ3n) is 7.36. The molecule has 200 valence electrons. The number of carbonyl (C=O) groups is 2. The molecule has 1 N–H and O–H groups in total. The molecular weight excluding hydrogens is 509 g/mol. The average Bonchev–Trinajstić information content (AvgIpc) is 3.52. The fraction of sp³-hybridized carbons (Fsp3) is 0.161. The number of amides is 2. The molecule has 2 aromatic heterocycles. The van der Waals surface area contributed by atoms with Crippen molar-refractivity contribution in [2.45, 2.75) is 19.0 Å². The second-order valence-electron chi connectivity index (χ2n) is 9.73. The standard InChI is InChI=1S/C31H26FN5O3/c1-19-28(35-30(38)21-4-3-15-33-17-21)29(20-5-12-26(40-2)13-6-20)36(31(19)39)25-11-14-27-22(16-25)18-34-37(27)24-9-7-23(32)8-10-24/h3-19,28-29H,1-2H3,(H,35,38). The summed E-state index contributed by atoms with van der Waals surface area (Å²) in [5, 5.41) is 8.41. The maximum Gasteiger partial charge on any atom is 0.253 e. The van der Waals surface area contributed by atoms with Crippen LogP contribution in [0.5, 0.6) is 5.75 Å². The monoisotopic (exact) mass is 535 g/mol. The van der Waals surface area contributed by atoms with E-state index in [4.69, 9.17) is 4.74 Å². The van der Waals surface area contributed by atoms with Crippen LogP contribution in [0.2, 0.25) is 0 Å². The molecule has 9 heteroatoms. The average molecular weight is 536 g/mol. The summed E-state index contributed by atoms with van der Waals surface area (Å²) < 4.78 is 20.5. The molecule has 5 aromatic rings. The van der Waals surface area contributed by atoms with Crippen LogP contribution in [0.25, 0.3) is 16.6 Å². The third-order valence-corrected chi connectivity index (χ3v) is 7.36. The number of fused-ring (bicyclic) bond motifs is 1. The summed E-state index contributed by atoms with van der Waals surface area (Å²) in [5.74, 6) is -0.528. The summed E-state index contributed by atoms with van der Waals surface area (Å²) in [6.45, 7) is 1.83. The number of carbonyl (C=O) groups excluding carboxylic acids is 2. The van der Waals surface area contributed by atoms with E-state index in [0.29, 0.717) is 17.0 Å². The molecular formula is C31H26FN5O3. The molecule has 8 nitrogen and oxygen atoms in total. The molecule has 1 aliphatic rings. The number of rotatable bonds is 6. The maximum absolute atomic E-state index is 13.8. The minimum absolute atomic E-state index is 0.109. The number of methoxy groups -OCH3 is 1. The molecule has 1 fully saturated rings. The Morgan fingerprint density at radius 1 is 0.975 bits per heavy atom. The van der Waals surface area contributed by atoms with Gasteiger partial charge in [0.2, 0.25) is 5.91 Å². The number of pyridine rings is 1. The molecule has 1 aliphatic heterocycles. The first-order valence-corrected chi connectivity index (χ1v) is 12.9.